The van der Waals surface area contributed by atoms with E-state index in [1.54, 1.807) is 12.3 Å². The van der Waals surface area contributed by atoms with Gasteiger partial charge in [-0.15, -0.1) is 0 Å². The lowest BCUT2D eigenvalue weighted by molar-refractivity contribution is -0.121. The van der Waals surface area contributed by atoms with Crippen LogP contribution in [0.25, 0.3) is 0 Å². The van der Waals surface area contributed by atoms with Crippen LogP contribution in [-0.2, 0) is 4.79 Å². The quantitative estimate of drug-likeness (QED) is 0.495. The highest BCUT2D eigenvalue weighted by Crippen LogP contribution is 2.14. The molecule has 0 bridgehead atoms. The third-order valence-corrected chi connectivity index (χ3v) is 1.75. The molecule has 0 saturated carbocycles. The second-order valence-corrected chi connectivity index (χ2v) is 3.26. The second-order valence-electron chi connectivity index (χ2n) is 3.26. The fourth-order valence-corrected chi connectivity index (χ4v) is 1.07. The minimum absolute atomic E-state index is 0.261. The highest BCUT2D eigenvalue weighted by atomic mass is 16.2. The lowest BCUT2D eigenvalue weighted by Crippen LogP contribution is -2.23. The van der Waals surface area contributed by atoms with Crippen molar-refractivity contribution in [1.82, 2.24) is 4.81 Å². The lowest BCUT2D eigenvalue weighted by atomic mass is 10.2. The summed E-state index contributed by atoms with van der Waals surface area (Å²) in [6.45, 7) is 4.02. The van der Waals surface area contributed by atoms with Gasteiger partial charge in [0.05, 0.1) is 5.57 Å². The van der Waals surface area contributed by atoms with Gasteiger partial charge in [-0.05, 0) is 19.9 Å². The zero-order chi connectivity index (χ0) is 10.7. The van der Waals surface area contributed by atoms with Crippen molar-refractivity contribution in [2.45, 2.75) is 13.8 Å². The van der Waals surface area contributed by atoms with Crippen molar-refractivity contribution in [3.63, 3.8) is 0 Å². The molecule has 2 N–H and O–H groups in total. The second kappa shape index (κ2) is 4.13. The standard InChI is InChI=1S/C9H12BN3O/c1-6(2)12-4-3-7-8(11)5-13(10)9(7)14/h3-4H,5,11H2,1-2H3/b4-3-. The van der Waals surface area contributed by atoms with E-state index in [9.17, 15) is 4.79 Å². The van der Waals surface area contributed by atoms with Gasteiger partial charge in [-0.2, -0.15) is 0 Å². The van der Waals surface area contributed by atoms with Gasteiger partial charge < -0.3 is 10.5 Å². The highest BCUT2D eigenvalue weighted by molar-refractivity contribution is 6.20. The van der Waals surface area contributed by atoms with Gasteiger partial charge in [-0.3, -0.25) is 9.79 Å². The topological polar surface area (TPSA) is 58.7 Å². The van der Waals surface area contributed by atoms with E-state index in [1.807, 2.05) is 13.8 Å². The monoisotopic (exact) mass is 189 g/mol. The molecule has 0 aromatic heterocycles. The van der Waals surface area contributed by atoms with Crippen molar-refractivity contribution < 1.29 is 4.79 Å². The van der Waals surface area contributed by atoms with Crippen molar-refractivity contribution in [3.05, 3.63) is 23.5 Å². The Morgan fingerprint density at radius 3 is 2.71 bits per heavy atom. The van der Waals surface area contributed by atoms with E-state index in [4.69, 9.17) is 13.7 Å². The van der Waals surface area contributed by atoms with E-state index < -0.39 is 0 Å². The van der Waals surface area contributed by atoms with Crippen LogP contribution in [0.3, 0.4) is 0 Å². The summed E-state index contributed by atoms with van der Waals surface area (Å²) in [5.74, 6) is -0.261. The number of carbonyl (C=O) groups excluding carboxylic acids is 1. The minimum Gasteiger partial charge on any atom is -0.400 e. The Morgan fingerprint density at radius 1 is 1.64 bits per heavy atom. The Bertz CT molecular complexity index is 340. The smallest absolute Gasteiger partial charge is 0.243 e. The van der Waals surface area contributed by atoms with Crippen LogP contribution in [0, 0.1) is 0 Å². The number of carbonyl (C=O) groups is 1. The molecule has 4 nitrogen and oxygen atoms in total. The number of hydrogen-bond donors (Lipinski definition) is 1. The van der Waals surface area contributed by atoms with E-state index in [0.717, 1.165) is 10.5 Å². The van der Waals surface area contributed by atoms with Crippen LogP contribution in [0.5, 0.6) is 0 Å². The van der Waals surface area contributed by atoms with Gasteiger partial charge in [0.1, 0.15) is 0 Å². The number of nitrogens with zero attached hydrogens (tertiary/aromatic N) is 2. The molecular formula is C9H12BN3O. The fourth-order valence-electron chi connectivity index (χ4n) is 1.07. The minimum atomic E-state index is -0.261. The Labute approximate surface area is 84.6 Å². The molecule has 0 unspecified atom stereocenters. The largest absolute Gasteiger partial charge is 0.400 e. The normalized spacial score (nSPS) is 17.0. The first-order chi connectivity index (χ1) is 6.52. The predicted octanol–water partition coefficient (Wildman–Crippen LogP) is 0.119. The van der Waals surface area contributed by atoms with Gasteiger partial charge in [-0.1, -0.05) is 0 Å². The molecule has 14 heavy (non-hydrogen) atoms. The van der Waals surface area contributed by atoms with Gasteiger partial charge >= 0.3 is 0 Å². The molecule has 2 radical (unpaired) electrons. The third-order valence-electron chi connectivity index (χ3n) is 1.75. The van der Waals surface area contributed by atoms with Crippen LogP contribution < -0.4 is 5.73 Å². The molecule has 0 aromatic carbocycles. The van der Waals surface area contributed by atoms with E-state index in [-0.39, 0.29) is 12.5 Å². The molecule has 1 heterocycles. The molecule has 0 aromatic rings. The van der Waals surface area contributed by atoms with Crippen molar-refractivity contribution in [2.75, 3.05) is 6.54 Å². The number of hydrogen-bond acceptors (Lipinski definition) is 3. The molecule has 72 valence electrons. The van der Waals surface area contributed by atoms with Crippen LogP contribution in [0.1, 0.15) is 13.8 Å². The Kier molecular flexibility index (Phi) is 3.12. The Morgan fingerprint density at radius 2 is 2.29 bits per heavy atom. The maximum Gasteiger partial charge on any atom is 0.243 e. The number of aliphatic imine (C=N–C) groups is 1. The summed E-state index contributed by atoms with van der Waals surface area (Å²) in [4.78, 5) is 16.5. The molecule has 5 heteroatoms. The number of rotatable bonds is 2. The summed E-state index contributed by atoms with van der Waals surface area (Å²) in [6, 6.07) is 0. The van der Waals surface area contributed by atoms with Gasteiger partial charge in [0, 0.05) is 24.2 Å². The molecule has 1 aliphatic rings. The average molecular weight is 189 g/mol. The molecule has 0 spiro atoms. The summed E-state index contributed by atoms with van der Waals surface area (Å²) in [5.41, 5.74) is 7.44. The van der Waals surface area contributed by atoms with Gasteiger partial charge in [0.2, 0.25) is 13.9 Å². The summed E-state index contributed by atoms with van der Waals surface area (Å²) >= 11 is 0. The first-order valence-corrected chi connectivity index (χ1v) is 4.25. The van der Waals surface area contributed by atoms with Crippen molar-refractivity contribution in [2.24, 2.45) is 10.7 Å². The van der Waals surface area contributed by atoms with Crippen molar-refractivity contribution in [1.29, 1.82) is 0 Å². The van der Waals surface area contributed by atoms with Crippen LogP contribution in [0.4, 0.5) is 0 Å². The first-order valence-electron chi connectivity index (χ1n) is 4.25. The molecule has 0 saturated heterocycles. The van der Waals surface area contributed by atoms with E-state index in [2.05, 4.69) is 4.99 Å². The predicted molar refractivity (Wildman–Crippen MR) is 56.6 cm³/mol. The van der Waals surface area contributed by atoms with Crippen LogP contribution in [0.15, 0.2) is 28.5 Å². The van der Waals surface area contributed by atoms with E-state index in [0.29, 0.717) is 11.3 Å². The first kappa shape index (κ1) is 10.6. The van der Waals surface area contributed by atoms with Gasteiger partial charge in [0.15, 0.2) is 0 Å². The van der Waals surface area contributed by atoms with Gasteiger partial charge in [-0.25, -0.2) is 0 Å². The fraction of sp³-hybridized carbons (Fsp3) is 0.333. The molecule has 1 amide bonds. The summed E-state index contributed by atoms with van der Waals surface area (Å²) in [5, 5.41) is 0. The molecule has 0 atom stereocenters. The van der Waals surface area contributed by atoms with Crippen LogP contribution in [0.2, 0.25) is 0 Å². The number of amides is 1. The van der Waals surface area contributed by atoms with Crippen LogP contribution >= 0.6 is 0 Å². The Balaban J connectivity index is 2.79. The van der Waals surface area contributed by atoms with Crippen molar-refractivity contribution >= 4 is 19.6 Å². The molecule has 0 fully saturated rings. The maximum absolute atomic E-state index is 11.4. The molecule has 1 aliphatic heterocycles. The summed E-state index contributed by atoms with van der Waals surface area (Å²) in [6.07, 6.45) is 3.13. The molecular weight excluding hydrogens is 177 g/mol. The van der Waals surface area contributed by atoms with E-state index in [1.165, 1.54) is 0 Å². The Hall–Kier alpha value is -1.52. The molecule has 0 aliphatic carbocycles. The third kappa shape index (κ3) is 2.25. The van der Waals surface area contributed by atoms with E-state index >= 15 is 0 Å². The SMILES string of the molecule is [B]N1CC(N)=C(/C=C\N=C(C)C)C1=O. The lowest BCUT2D eigenvalue weighted by Gasteiger charge is -2.06. The number of nitrogens with two attached hydrogens (primary N) is 1. The van der Waals surface area contributed by atoms with Crippen molar-refractivity contribution in [3.8, 4) is 0 Å². The summed E-state index contributed by atoms with van der Waals surface area (Å²) < 4.78 is 0. The van der Waals surface area contributed by atoms with Gasteiger partial charge in [0.25, 0.3) is 0 Å². The average Bonchev–Trinajstić information content (AvgIpc) is 2.31. The maximum atomic E-state index is 11.4. The molecule has 1 rings (SSSR count). The highest BCUT2D eigenvalue weighted by Gasteiger charge is 2.22. The zero-order valence-corrected chi connectivity index (χ0v) is 8.32. The van der Waals surface area contributed by atoms with Crippen LogP contribution in [-0.4, -0.2) is 31.0 Å². The summed E-state index contributed by atoms with van der Waals surface area (Å²) in [7, 11) is 5.38. The zero-order valence-electron chi connectivity index (χ0n) is 8.32.